The molecule has 3 aromatic rings. The Bertz CT molecular complexity index is 680. The van der Waals surface area contributed by atoms with Crippen molar-refractivity contribution < 1.29 is 0 Å². The van der Waals surface area contributed by atoms with E-state index in [2.05, 4.69) is 30.8 Å². The normalized spacial score (nSPS) is 10.2. The second-order valence-corrected chi connectivity index (χ2v) is 4.45. The Morgan fingerprint density at radius 1 is 1.00 bits per heavy atom. The van der Waals surface area contributed by atoms with Crippen LogP contribution >= 0.6 is 11.6 Å². The molecule has 0 saturated heterocycles. The molecule has 0 unspecified atom stereocenters. The Morgan fingerprint density at radius 2 is 1.85 bits per heavy atom. The fourth-order valence-corrected chi connectivity index (χ4v) is 1.74. The van der Waals surface area contributed by atoms with E-state index in [1.807, 2.05) is 24.3 Å². The minimum Gasteiger partial charge on any atom is -0.340 e. The fourth-order valence-electron chi connectivity index (χ4n) is 1.62. The first kappa shape index (κ1) is 12.4. The fraction of sp³-hybridized carbons (Fsp3) is 0. The number of H-pyrrole nitrogens is 1. The second-order valence-electron chi connectivity index (χ2n) is 4.01. The molecule has 0 saturated carbocycles. The highest BCUT2D eigenvalue weighted by Crippen LogP contribution is 2.18. The molecule has 1 aromatic carbocycles. The number of hydrogen-bond donors (Lipinski definition) is 3. The Balaban J connectivity index is 1.75. The van der Waals surface area contributed by atoms with Gasteiger partial charge >= 0.3 is 0 Å². The Hall–Kier alpha value is -2.60. The summed E-state index contributed by atoms with van der Waals surface area (Å²) in [7, 11) is 0. The van der Waals surface area contributed by atoms with Crippen molar-refractivity contribution >= 4 is 34.7 Å². The molecule has 0 atom stereocenters. The summed E-state index contributed by atoms with van der Waals surface area (Å²) in [5.74, 6) is 1.18. The van der Waals surface area contributed by atoms with Crippen LogP contribution in [0.5, 0.6) is 0 Å². The Morgan fingerprint density at radius 3 is 2.60 bits per heavy atom. The van der Waals surface area contributed by atoms with Crippen LogP contribution in [0.2, 0.25) is 5.02 Å². The van der Waals surface area contributed by atoms with E-state index >= 15 is 0 Å². The molecule has 0 bridgehead atoms. The average molecular weight is 287 g/mol. The SMILES string of the molecule is Clc1ccc(Nc2ccnc(Nc3cn[nH]c3)n2)cc1. The predicted octanol–water partition coefficient (Wildman–Crippen LogP) is 3.34. The number of benzene rings is 1. The van der Waals surface area contributed by atoms with E-state index in [0.717, 1.165) is 11.4 Å². The van der Waals surface area contributed by atoms with Crippen LogP contribution in [0.1, 0.15) is 0 Å². The van der Waals surface area contributed by atoms with Crippen molar-refractivity contribution in [3.8, 4) is 0 Å². The van der Waals surface area contributed by atoms with Gasteiger partial charge in [-0.25, -0.2) is 4.98 Å². The lowest BCUT2D eigenvalue weighted by Gasteiger charge is -2.07. The minimum atomic E-state index is 0.491. The zero-order valence-corrected chi connectivity index (χ0v) is 11.1. The number of halogens is 1. The van der Waals surface area contributed by atoms with Crippen LogP contribution in [0.3, 0.4) is 0 Å². The van der Waals surface area contributed by atoms with Gasteiger partial charge in [-0.05, 0) is 30.3 Å². The van der Waals surface area contributed by atoms with Crippen LogP contribution in [-0.2, 0) is 0 Å². The molecule has 2 heterocycles. The minimum absolute atomic E-state index is 0.491. The van der Waals surface area contributed by atoms with E-state index in [-0.39, 0.29) is 0 Å². The number of nitrogens with zero attached hydrogens (tertiary/aromatic N) is 3. The molecule has 6 nitrogen and oxygen atoms in total. The van der Waals surface area contributed by atoms with Crippen LogP contribution in [0.4, 0.5) is 23.1 Å². The van der Waals surface area contributed by atoms with Crippen molar-refractivity contribution in [2.75, 3.05) is 10.6 Å². The largest absolute Gasteiger partial charge is 0.340 e. The van der Waals surface area contributed by atoms with Crippen LogP contribution in [0, 0.1) is 0 Å². The van der Waals surface area contributed by atoms with Gasteiger partial charge in [-0.1, -0.05) is 11.6 Å². The first-order chi connectivity index (χ1) is 9.79. The third-order valence-electron chi connectivity index (χ3n) is 2.53. The van der Waals surface area contributed by atoms with Gasteiger partial charge < -0.3 is 10.6 Å². The number of anilines is 4. The molecule has 0 aliphatic heterocycles. The maximum atomic E-state index is 5.85. The van der Waals surface area contributed by atoms with Crippen molar-refractivity contribution in [1.29, 1.82) is 0 Å². The molecular weight excluding hydrogens is 276 g/mol. The van der Waals surface area contributed by atoms with Crippen LogP contribution in [0.15, 0.2) is 48.9 Å². The summed E-state index contributed by atoms with van der Waals surface area (Å²) in [5, 5.41) is 13.5. The van der Waals surface area contributed by atoms with Crippen LogP contribution < -0.4 is 10.6 Å². The molecule has 3 rings (SSSR count). The van der Waals surface area contributed by atoms with Gasteiger partial charge in [0.05, 0.1) is 11.9 Å². The van der Waals surface area contributed by atoms with E-state index < -0.39 is 0 Å². The Kier molecular flexibility index (Phi) is 3.47. The molecule has 100 valence electrons. The first-order valence-corrected chi connectivity index (χ1v) is 6.29. The first-order valence-electron chi connectivity index (χ1n) is 5.91. The van der Waals surface area contributed by atoms with Gasteiger partial charge in [0.1, 0.15) is 5.82 Å². The number of hydrogen-bond acceptors (Lipinski definition) is 5. The molecule has 0 aliphatic rings. The summed E-state index contributed by atoms with van der Waals surface area (Å²) >= 11 is 5.85. The van der Waals surface area contributed by atoms with Crippen molar-refractivity contribution in [3.05, 3.63) is 53.9 Å². The highest BCUT2D eigenvalue weighted by Gasteiger charge is 2.01. The van der Waals surface area contributed by atoms with Crippen molar-refractivity contribution in [2.45, 2.75) is 0 Å². The van der Waals surface area contributed by atoms with Gasteiger partial charge in [0.15, 0.2) is 0 Å². The van der Waals surface area contributed by atoms with Gasteiger partial charge in [-0.15, -0.1) is 0 Å². The predicted molar refractivity (Wildman–Crippen MR) is 78.6 cm³/mol. The quantitative estimate of drug-likeness (QED) is 0.685. The summed E-state index contributed by atoms with van der Waals surface area (Å²) in [4.78, 5) is 8.50. The Labute approximate surface area is 120 Å². The average Bonchev–Trinajstić information content (AvgIpc) is 2.95. The monoisotopic (exact) mass is 286 g/mol. The summed E-state index contributed by atoms with van der Waals surface area (Å²) in [5.41, 5.74) is 1.70. The van der Waals surface area contributed by atoms with Gasteiger partial charge in [0.2, 0.25) is 5.95 Å². The van der Waals surface area contributed by atoms with E-state index in [1.165, 1.54) is 0 Å². The summed E-state index contributed by atoms with van der Waals surface area (Å²) in [6.45, 7) is 0. The molecule has 0 amide bonds. The summed E-state index contributed by atoms with van der Waals surface area (Å²) in [6, 6.07) is 9.18. The third kappa shape index (κ3) is 3.04. The smallest absolute Gasteiger partial charge is 0.229 e. The van der Waals surface area contributed by atoms with Crippen LogP contribution in [-0.4, -0.2) is 20.2 Å². The van der Waals surface area contributed by atoms with E-state index in [9.17, 15) is 0 Å². The molecule has 3 N–H and O–H groups in total. The third-order valence-corrected chi connectivity index (χ3v) is 2.78. The molecule has 0 spiro atoms. The maximum Gasteiger partial charge on any atom is 0.229 e. The molecule has 0 radical (unpaired) electrons. The van der Waals surface area contributed by atoms with Crippen molar-refractivity contribution in [3.63, 3.8) is 0 Å². The number of aromatic nitrogens is 4. The standard InChI is InChI=1S/C13H11ClN6/c14-9-1-3-10(4-2-9)18-12-5-6-15-13(20-12)19-11-7-16-17-8-11/h1-8H,(H,16,17)(H2,15,18,19,20). The lowest BCUT2D eigenvalue weighted by molar-refractivity contribution is 1.09. The number of aromatic amines is 1. The maximum absolute atomic E-state index is 5.85. The van der Waals surface area contributed by atoms with Crippen molar-refractivity contribution in [1.82, 2.24) is 20.2 Å². The van der Waals surface area contributed by atoms with E-state index in [1.54, 1.807) is 24.7 Å². The zero-order chi connectivity index (χ0) is 13.8. The molecule has 0 fully saturated rings. The van der Waals surface area contributed by atoms with Gasteiger partial charge in [-0.2, -0.15) is 10.1 Å². The molecular formula is C13H11ClN6. The number of nitrogens with one attached hydrogen (secondary N) is 3. The van der Waals surface area contributed by atoms with Gasteiger partial charge in [0.25, 0.3) is 0 Å². The van der Waals surface area contributed by atoms with Gasteiger partial charge in [0, 0.05) is 23.1 Å². The van der Waals surface area contributed by atoms with E-state index in [0.29, 0.717) is 16.8 Å². The highest BCUT2D eigenvalue weighted by atomic mass is 35.5. The molecule has 20 heavy (non-hydrogen) atoms. The number of rotatable bonds is 4. The topological polar surface area (TPSA) is 78.5 Å². The van der Waals surface area contributed by atoms with E-state index in [4.69, 9.17) is 11.6 Å². The lowest BCUT2D eigenvalue weighted by Crippen LogP contribution is -1.99. The van der Waals surface area contributed by atoms with Crippen LogP contribution in [0.25, 0.3) is 0 Å². The van der Waals surface area contributed by atoms with Crippen molar-refractivity contribution in [2.24, 2.45) is 0 Å². The molecule has 0 aliphatic carbocycles. The highest BCUT2D eigenvalue weighted by molar-refractivity contribution is 6.30. The van der Waals surface area contributed by atoms with Gasteiger partial charge in [-0.3, -0.25) is 5.10 Å². The second kappa shape index (κ2) is 5.58. The molecule has 7 heteroatoms. The molecule has 2 aromatic heterocycles. The zero-order valence-electron chi connectivity index (χ0n) is 10.3. The summed E-state index contributed by atoms with van der Waals surface area (Å²) in [6.07, 6.45) is 5.05. The summed E-state index contributed by atoms with van der Waals surface area (Å²) < 4.78 is 0. The lowest BCUT2D eigenvalue weighted by atomic mass is 10.3.